The smallest absolute Gasteiger partial charge is 0.319 e. The van der Waals surface area contributed by atoms with Crippen LogP contribution in [0.15, 0.2) is 48.7 Å². The van der Waals surface area contributed by atoms with Crippen molar-refractivity contribution in [2.45, 2.75) is 12.8 Å². The molecule has 3 N–H and O–H groups in total. The largest absolute Gasteiger partial charge is 0.359 e. The van der Waals surface area contributed by atoms with E-state index < -0.39 is 0 Å². The third-order valence-corrected chi connectivity index (χ3v) is 3.29. The molecule has 0 bridgehead atoms. The summed E-state index contributed by atoms with van der Waals surface area (Å²) in [6.45, 7) is 0.487. The summed E-state index contributed by atoms with van der Waals surface area (Å²) in [4.78, 5) is 27.7. The molecule has 1 aromatic heterocycles. The van der Waals surface area contributed by atoms with Gasteiger partial charge in [0.1, 0.15) is 0 Å². The van der Waals surface area contributed by atoms with Gasteiger partial charge in [-0.3, -0.25) is 9.78 Å². The molecular weight excluding hydrogens is 292 g/mol. The number of benzene rings is 1. The molecule has 0 saturated carbocycles. The Kier molecular flexibility index (Phi) is 6.11. The normalized spacial score (nSPS) is 9.96. The number of pyridine rings is 1. The van der Waals surface area contributed by atoms with Crippen molar-refractivity contribution in [3.05, 3.63) is 59.9 Å². The SMILES string of the molecule is CNC(=O)Cc1ccccc1NC(=O)NCCc1ccccn1. The Morgan fingerprint density at radius 1 is 1.09 bits per heavy atom. The minimum Gasteiger partial charge on any atom is -0.359 e. The van der Waals surface area contributed by atoms with Gasteiger partial charge in [-0.1, -0.05) is 24.3 Å². The number of carbonyl (C=O) groups excluding carboxylic acids is 2. The third-order valence-electron chi connectivity index (χ3n) is 3.29. The third kappa shape index (κ3) is 5.43. The predicted octanol–water partition coefficient (Wildman–Crippen LogP) is 1.73. The van der Waals surface area contributed by atoms with Gasteiger partial charge in [-0.2, -0.15) is 0 Å². The lowest BCUT2D eigenvalue weighted by Crippen LogP contribution is -2.31. The number of amides is 3. The van der Waals surface area contributed by atoms with E-state index in [1.54, 1.807) is 19.3 Å². The van der Waals surface area contributed by atoms with E-state index in [0.29, 0.717) is 18.7 Å². The molecule has 3 amide bonds. The van der Waals surface area contributed by atoms with Crippen LogP contribution < -0.4 is 16.0 Å². The second-order valence-electron chi connectivity index (χ2n) is 4.96. The average molecular weight is 312 g/mol. The van der Waals surface area contributed by atoms with Crippen molar-refractivity contribution in [2.24, 2.45) is 0 Å². The molecule has 120 valence electrons. The average Bonchev–Trinajstić information content (AvgIpc) is 2.57. The number of hydrogen-bond donors (Lipinski definition) is 3. The molecule has 1 heterocycles. The van der Waals surface area contributed by atoms with Gasteiger partial charge >= 0.3 is 6.03 Å². The van der Waals surface area contributed by atoms with Gasteiger partial charge in [-0.25, -0.2) is 4.79 Å². The quantitative estimate of drug-likeness (QED) is 0.759. The number of rotatable bonds is 6. The zero-order chi connectivity index (χ0) is 16.5. The van der Waals surface area contributed by atoms with Crippen molar-refractivity contribution in [3.63, 3.8) is 0 Å². The molecule has 6 nitrogen and oxygen atoms in total. The Morgan fingerprint density at radius 2 is 1.87 bits per heavy atom. The summed E-state index contributed by atoms with van der Waals surface area (Å²) in [5.41, 5.74) is 2.32. The number of para-hydroxylation sites is 1. The monoisotopic (exact) mass is 312 g/mol. The van der Waals surface area contributed by atoms with Crippen molar-refractivity contribution < 1.29 is 9.59 Å². The number of carbonyl (C=O) groups is 2. The van der Waals surface area contributed by atoms with E-state index in [9.17, 15) is 9.59 Å². The van der Waals surface area contributed by atoms with Gasteiger partial charge in [0.05, 0.1) is 6.42 Å². The van der Waals surface area contributed by atoms with E-state index in [1.165, 1.54) is 0 Å². The highest BCUT2D eigenvalue weighted by atomic mass is 16.2. The van der Waals surface area contributed by atoms with Gasteiger partial charge in [-0.05, 0) is 23.8 Å². The Hall–Kier alpha value is -2.89. The highest BCUT2D eigenvalue weighted by Gasteiger charge is 2.09. The number of aromatic nitrogens is 1. The van der Waals surface area contributed by atoms with E-state index in [2.05, 4.69) is 20.9 Å². The Bertz CT molecular complexity index is 659. The molecule has 6 heteroatoms. The molecule has 1 aromatic carbocycles. The van der Waals surface area contributed by atoms with Crippen molar-refractivity contribution in [3.8, 4) is 0 Å². The van der Waals surface area contributed by atoms with Crippen LogP contribution in [0.2, 0.25) is 0 Å². The molecule has 0 saturated heterocycles. The summed E-state index contributed by atoms with van der Waals surface area (Å²) in [6, 6.07) is 12.6. The lowest BCUT2D eigenvalue weighted by molar-refractivity contribution is -0.119. The second kappa shape index (κ2) is 8.53. The molecule has 0 aliphatic heterocycles. The zero-order valence-corrected chi connectivity index (χ0v) is 13.0. The van der Waals surface area contributed by atoms with Crippen LogP contribution in [0, 0.1) is 0 Å². The summed E-state index contributed by atoms with van der Waals surface area (Å²) in [5.74, 6) is -0.102. The number of hydrogen-bond acceptors (Lipinski definition) is 3. The van der Waals surface area contributed by atoms with Crippen molar-refractivity contribution in [1.29, 1.82) is 0 Å². The van der Waals surface area contributed by atoms with Crippen LogP contribution in [0.25, 0.3) is 0 Å². The van der Waals surface area contributed by atoms with Crippen LogP contribution in [-0.2, 0) is 17.6 Å². The fraction of sp³-hybridized carbons (Fsp3) is 0.235. The summed E-state index contributed by atoms with van der Waals surface area (Å²) in [5, 5.41) is 8.13. The maximum Gasteiger partial charge on any atom is 0.319 e. The topological polar surface area (TPSA) is 83.1 Å². The zero-order valence-electron chi connectivity index (χ0n) is 13.0. The van der Waals surface area contributed by atoms with Crippen molar-refractivity contribution >= 4 is 17.6 Å². The summed E-state index contributed by atoms with van der Waals surface area (Å²) in [6.07, 6.45) is 2.61. The number of anilines is 1. The Labute approximate surface area is 135 Å². The molecule has 0 unspecified atom stereocenters. The van der Waals surface area contributed by atoms with Crippen LogP contribution in [-0.4, -0.2) is 30.5 Å². The maximum absolute atomic E-state index is 12.0. The number of nitrogens with one attached hydrogen (secondary N) is 3. The fourth-order valence-electron chi connectivity index (χ4n) is 2.07. The van der Waals surface area contributed by atoms with Gasteiger partial charge < -0.3 is 16.0 Å². The maximum atomic E-state index is 12.0. The molecular formula is C17H20N4O2. The standard InChI is InChI=1S/C17H20N4O2/c1-18-16(22)12-13-6-2-3-8-15(13)21-17(23)20-11-9-14-7-4-5-10-19-14/h2-8,10H,9,11-12H2,1H3,(H,18,22)(H2,20,21,23). The molecule has 0 spiro atoms. The van der Waals surface area contributed by atoms with Gasteiger partial charge in [0.2, 0.25) is 5.91 Å². The van der Waals surface area contributed by atoms with Gasteiger partial charge in [0.15, 0.2) is 0 Å². The van der Waals surface area contributed by atoms with Gasteiger partial charge in [0.25, 0.3) is 0 Å². The van der Waals surface area contributed by atoms with E-state index in [4.69, 9.17) is 0 Å². The molecule has 23 heavy (non-hydrogen) atoms. The Morgan fingerprint density at radius 3 is 2.61 bits per heavy atom. The van der Waals surface area contributed by atoms with Crippen LogP contribution in [0.5, 0.6) is 0 Å². The summed E-state index contributed by atoms with van der Waals surface area (Å²) >= 11 is 0. The van der Waals surface area contributed by atoms with Crippen LogP contribution in [0.4, 0.5) is 10.5 Å². The van der Waals surface area contributed by atoms with Crippen molar-refractivity contribution in [2.75, 3.05) is 18.9 Å². The number of urea groups is 1. The van der Waals surface area contributed by atoms with Crippen LogP contribution >= 0.6 is 0 Å². The highest BCUT2D eigenvalue weighted by molar-refractivity contribution is 5.91. The molecule has 2 aromatic rings. The lowest BCUT2D eigenvalue weighted by Gasteiger charge is -2.11. The lowest BCUT2D eigenvalue weighted by atomic mass is 10.1. The molecule has 2 rings (SSSR count). The molecule has 0 fully saturated rings. The predicted molar refractivity (Wildman–Crippen MR) is 89.2 cm³/mol. The van der Waals surface area contributed by atoms with E-state index in [-0.39, 0.29) is 18.4 Å². The van der Waals surface area contributed by atoms with Gasteiger partial charge in [0, 0.05) is 37.6 Å². The minimum absolute atomic E-state index is 0.102. The number of nitrogens with zero attached hydrogens (tertiary/aromatic N) is 1. The first-order chi connectivity index (χ1) is 11.2. The van der Waals surface area contributed by atoms with Crippen LogP contribution in [0.1, 0.15) is 11.3 Å². The Balaban J connectivity index is 1.86. The summed E-state index contributed by atoms with van der Waals surface area (Å²) in [7, 11) is 1.59. The molecule has 0 radical (unpaired) electrons. The first-order valence-corrected chi connectivity index (χ1v) is 7.42. The summed E-state index contributed by atoms with van der Waals surface area (Å²) < 4.78 is 0. The van der Waals surface area contributed by atoms with E-state index >= 15 is 0 Å². The molecule has 0 atom stereocenters. The molecule has 0 aliphatic rings. The number of likely N-dealkylation sites (N-methyl/N-ethyl adjacent to an activating group) is 1. The van der Waals surface area contributed by atoms with E-state index in [0.717, 1.165) is 11.3 Å². The fourth-order valence-corrected chi connectivity index (χ4v) is 2.07. The van der Waals surface area contributed by atoms with Crippen molar-refractivity contribution in [1.82, 2.24) is 15.6 Å². The highest BCUT2D eigenvalue weighted by Crippen LogP contribution is 2.15. The first-order valence-electron chi connectivity index (χ1n) is 7.42. The second-order valence-corrected chi connectivity index (χ2v) is 4.96. The van der Waals surface area contributed by atoms with Crippen LogP contribution in [0.3, 0.4) is 0 Å². The minimum atomic E-state index is -0.301. The first kappa shape index (κ1) is 16.5. The van der Waals surface area contributed by atoms with E-state index in [1.807, 2.05) is 36.4 Å². The molecule has 0 aliphatic carbocycles. The van der Waals surface area contributed by atoms with Gasteiger partial charge in [-0.15, -0.1) is 0 Å².